The Hall–Kier alpha value is -2.58. The van der Waals surface area contributed by atoms with Crippen LogP contribution >= 0.6 is 31.9 Å². The molecular formula is C21H18Br2N2O4. The number of hydrazone groups is 1. The van der Waals surface area contributed by atoms with Crippen LogP contribution in [0.15, 0.2) is 67.5 Å². The van der Waals surface area contributed by atoms with Crippen LogP contribution < -0.4 is 14.9 Å². The first-order valence-electron chi connectivity index (χ1n) is 8.74. The number of furan rings is 1. The second-order valence-corrected chi connectivity index (χ2v) is 7.62. The molecule has 1 aromatic heterocycles. The van der Waals surface area contributed by atoms with Gasteiger partial charge in [-0.05, 0) is 64.8 Å². The number of halogens is 2. The molecule has 8 heteroatoms. The third-order valence-corrected chi connectivity index (χ3v) is 4.84. The number of ether oxygens (including phenoxy) is 2. The van der Waals surface area contributed by atoms with E-state index in [1.165, 1.54) is 6.21 Å². The summed E-state index contributed by atoms with van der Waals surface area (Å²) >= 11 is 6.87. The quantitative estimate of drug-likeness (QED) is 0.235. The number of nitrogens with one attached hydrogen (secondary N) is 1. The van der Waals surface area contributed by atoms with Gasteiger partial charge in [-0.3, -0.25) is 4.79 Å². The molecular weight excluding hydrogens is 504 g/mol. The van der Waals surface area contributed by atoms with Crippen molar-refractivity contribution in [3.05, 3.63) is 69.3 Å². The number of nitrogens with zero attached hydrogens (tertiary/aromatic N) is 1. The summed E-state index contributed by atoms with van der Waals surface area (Å²) in [6.45, 7) is 6.37. The Morgan fingerprint density at radius 2 is 2.07 bits per heavy atom. The zero-order chi connectivity index (χ0) is 20.8. The number of rotatable bonds is 8. The van der Waals surface area contributed by atoms with E-state index in [0.717, 1.165) is 15.4 Å². The van der Waals surface area contributed by atoms with Crippen molar-refractivity contribution in [1.29, 1.82) is 0 Å². The molecule has 150 valence electrons. The number of benzene rings is 2. The summed E-state index contributed by atoms with van der Waals surface area (Å²) in [5, 5.41) is 4.84. The highest BCUT2D eigenvalue weighted by Gasteiger charge is 2.13. The van der Waals surface area contributed by atoms with Crippen molar-refractivity contribution in [2.24, 2.45) is 5.10 Å². The lowest BCUT2D eigenvalue weighted by Gasteiger charge is -2.13. The largest absolute Gasteiger partial charge is 0.490 e. The van der Waals surface area contributed by atoms with E-state index in [1.54, 1.807) is 24.3 Å². The van der Waals surface area contributed by atoms with E-state index < -0.39 is 5.91 Å². The molecule has 0 radical (unpaired) electrons. The zero-order valence-electron chi connectivity index (χ0n) is 15.6. The fourth-order valence-corrected chi connectivity index (χ4v) is 3.51. The Labute approximate surface area is 184 Å². The van der Waals surface area contributed by atoms with Gasteiger partial charge in [-0.25, -0.2) is 5.43 Å². The average molecular weight is 522 g/mol. The lowest BCUT2D eigenvalue weighted by atomic mass is 10.2. The molecule has 0 atom stereocenters. The fraction of sp³-hybridized carbons (Fsp3) is 0.143. The van der Waals surface area contributed by atoms with E-state index in [2.05, 4.69) is 49.0 Å². The van der Waals surface area contributed by atoms with Crippen LogP contribution in [0.25, 0.3) is 11.0 Å². The lowest BCUT2D eigenvalue weighted by molar-refractivity contribution is 0.0929. The van der Waals surface area contributed by atoms with E-state index >= 15 is 0 Å². The van der Waals surface area contributed by atoms with Gasteiger partial charge in [-0.2, -0.15) is 5.10 Å². The van der Waals surface area contributed by atoms with Gasteiger partial charge in [0.25, 0.3) is 0 Å². The van der Waals surface area contributed by atoms with Crippen LogP contribution in [0.4, 0.5) is 0 Å². The number of fused-ring (bicyclic) bond motifs is 1. The van der Waals surface area contributed by atoms with Crippen molar-refractivity contribution in [2.45, 2.75) is 6.92 Å². The number of carbonyl (C=O) groups is 1. The van der Waals surface area contributed by atoms with Gasteiger partial charge in [0.2, 0.25) is 0 Å². The number of amides is 1. The van der Waals surface area contributed by atoms with Crippen molar-refractivity contribution in [1.82, 2.24) is 5.43 Å². The zero-order valence-corrected chi connectivity index (χ0v) is 18.7. The molecule has 6 nitrogen and oxygen atoms in total. The molecule has 0 saturated carbocycles. The Bertz CT molecular complexity index is 1080. The molecule has 29 heavy (non-hydrogen) atoms. The Kier molecular flexibility index (Phi) is 7.11. The minimum absolute atomic E-state index is 0.180. The molecule has 0 aliphatic carbocycles. The Morgan fingerprint density at radius 1 is 1.24 bits per heavy atom. The minimum Gasteiger partial charge on any atom is -0.490 e. The summed E-state index contributed by atoms with van der Waals surface area (Å²) in [6.07, 6.45) is 3.17. The van der Waals surface area contributed by atoms with Crippen LogP contribution in [0.3, 0.4) is 0 Å². The highest BCUT2D eigenvalue weighted by atomic mass is 79.9. The molecule has 0 aliphatic rings. The van der Waals surface area contributed by atoms with E-state index in [0.29, 0.717) is 34.8 Å². The van der Waals surface area contributed by atoms with Crippen molar-refractivity contribution < 1.29 is 18.7 Å². The molecule has 1 N–H and O–H groups in total. The monoisotopic (exact) mass is 520 g/mol. The smallest absolute Gasteiger partial charge is 0.307 e. The lowest BCUT2D eigenvalue weighted by Crippen LogP contribution is -2.16. The maximum absolute atomic E-state index is 12.3. The van der Waals surface area contributed by atoms with Crippen molar-refractivity contribution in [3.8, 4) is 11.5 Å². The molecule has 2 aromatic carbocycles. The van der Waals surface area contributed by atoms with Gasteiger partial charge in [-0.15, -0.1) is 0 Å². The first-order chi connectivity index (χ1) is 14.0. The van der Waals surface area contributed by atoms with Crippen LogP contribution in [-0.2, 0) is 0 Å². The molecule has 0 unspecified atom stereocenters. The number of hydrogen-bond acceptors (Lipinski definition) is 5. The maximum Gasteiger partial charge on any atom is 0.307 e. The van der Waals surface area contributed by atoms with Crippen molar-refractivity contribution in [3.63, 3.8) is 0 Å². The third kappa shape index (κ3) is 5.27. The molecule has 0 spiro atoms. The van der Waals surface area contributed by atoms with Crippen LogP contribution in [0, 0.1) is 0 Å². The SMILES string of the molecule is C=CCOc1c(Br)cc(/C=N/NC(=O)c2cc3cc(Br)ccc3o2)cc1OCC. The average Bonchev–Trinajstić information content (AvgIpc) is 3.11. The van der Waals surface area contributed by atoms with Gasteiger partial charge in [0.15, 0.2) is 17.3 Å². The second-order valence-electron chi connectivity index (χ2n) is 5.85. The van der Waals surface area contributed by atoms with Crippen LogP contribution in [0.1, 0.15) is 23.0 Å². The van der Waals surface area contributed by atoms with Crippen LogP contribution in [-0.4, -0.2) is 25.3 Å². The maximum atomic E-state index is 12.3. The standard InChI is InChI=1S/C21H18Br2N2O4/c1-3-7-28-20-16(23)8-13(9-18(20)27-4-2)12-24-25-21(26)19-11-14-10-15(22)5-6-17(14)29-19/h3,5-6,8-12H,1,4,7H2,2H3,(H,25,26)/b24-12+. The first kappa shape index (κ1) is 21.1. The minimum atomic E-state index is -0.441. The van der Waals surface area contributed by atoms with Gasteiger partial charge in [-0.1, -0.05) is 28.6 Å². The molecule has 1 heterocycles. The van der Waals surface area contributed by atoms with Gasteiger partial charge < -0.3 is 13.9 Å². The normalized spacial score (nSPS) is 11.0. The summed E-state index contributed by atoms with van der Waals surface area (Å²) in [6, 6.07) is 10.8. The predicted octanol–water partition coefficient (Wildman–Crippen LogP) is 5.69. The summed E-state index contributed by atoms with van der Waals surface area (Å²) < 4.78 is 18.5. The topological polar surface area (TPSA) is 73.1 Å². The van der Waals surface area contributed by atoms with E-state index in [-0.39, 0.29) is 5.76 Å². The van der Waals surface area contributed by atoms with Gasteiger partial charge in [0, 0.05) is 9.86 Å². The van der Waals surface area contributed by atoms with Crippen molar-refractivity contribution in [2.75, 3.05) is 13.2 Å². The summed E-state index contributed by atoms with van der Waals surface area (Å²) in [5.41, 5.74) is 3.82. The van der Waals surface area contributed by atoms with Gasteiger partial charge in [0.1, 0.15) is 12.2 Å². The highest BCUT2D eigenvalue weighted by Crippen LogP contribution is 2.36. The molecule has 3 rings (SSSR count). The van der Waals surface area contributed by atoms with E-state index in [1.807, 2.05) is 25.1 Å². The van der Waals surface area contributed by atoms with Gasteiger partial charge in [0.05, 0.1) is 17.3 Å². The van der Waals surface area contributed by atoms with Gasteiger partial charge >= 0.3 is 5.91 Å². The molecule has 1 amide bonds. The van der Waals surface area contributed by atoms with Crippen LogP contribution in [0.5, 0.6) is 11.5 Å². The van der Waals surface area contributed by atoms with E-state index in [9.17, 15) is 4.79 Å². The molecule has 0 aliphatic heterocycles. The summed E-state index contributed by atoms with van der Waals surface area (Å²) in [7, 11) is 0. The second kappa shape index (κ2) is 9.76. The third-order valence-electron chi connectivity index (χ3n) is 3.76. The molecule has 3 aromatic rings. The number of carbonyl (C=O) groups excluding carboxylic acids is 1. The molecule has 0 bridgehead atoms. The van der Waals surface area contributed by atoms with Crippen molar-refractivity contribution >= 4 is 55.0 Å². The first-order valence-corrected chi connectivity index (χ1v) is 10.3. The molecule has 0 fully saturated rings. The van der Waals surface area contributed by atoms with E-state index in [4.69, 9.17) is 13.9 Å². The fourth-order valence-electron chi connectivity index (χ4n) is 2.55. The highest BCUT2D eigenvalue weighted by molar-refractivity contribution is 9.10. The Balaban J connectivity index is 1.74. The van der Waals surface area contributed by atoms with Crippen LogP contribution in [0.2, 0.25) is 0 Å². The Morgan fingerprint density at radius 3 is 2.83 bits per heavy atom. The summed E-state index contributed by atoms with van der Waals surface area (Å²) in [4.78, 5) is 12.3. The molecule has 0 saturated heterocycles. The number of hydrogen-bond donors (Lipinski definition) is 1. The predicted molar refractivity (Wildman–Crippen MR) is 120 cm³/mol. The summed E-state index contributed by atoms with van der Waals surface area (Å²) in [5.74, 6) is 0.893.